The molecule has 3 heterocycles. The van der Waals surface area contributed by atoms with Crippen LogP contribution in [0.1, 0.15) is 56.7 Å². The van der Waals surface area contributed by atoms with E-state index in [4.69, 9.17) is 14.5 Å². The zero-order chi connectivity index (χ0) is 34.1. The lowest BCUT2D eigenvalue weighted by Gasteiger charge is -2.19. The van der Waals surface area contributed by atoms with Gasteiger partial charge < -0.3 is 45.4 Å². The number of carbonyl (C=O) groups excluding carboxylic acids is 2. The van der Waals surface area contributed by atoms with Crippen molar-refractivity contribution in [3.63, 3.8) is 0 Å². The van der Waals surface area contributed by atoms with Gasteiger partial charge in [0.1, 0.15) is 12.3 Å². The summed E-state index contributed by atoms with van der Waals surface area (Å²) < 4.78 is 52.2. The molecular weight excluding hydrogens is 683 g/mol. The average molecular weight is 721 g/mol. The number of aliphatic hydroxyl groups is 1. The summed E-state index contributed by atoms with van der Waals surface area (Å²) in [7, 11) is -16.8. The molecule has 3 rings (SSSR count). The Kier molecular flexibility index (Phi) is 14.0. The first-order valence-corrected chi connectivity index (χ1v) is 18.7. The molecule has 0 aliphatic carbocycles. The van der Waals surface area contributed by atoms with Crippen LogP contribution in [0, 0.1) is 0 Å². The molecule has 2 saturated heterocycles. The van der Waals surface area contributed by atoms with Gasteiger partial charge in [-0.05, 0) is 32.2 Å². The molecule has 0 saturated carbocycles. The van der Waals surface area contributed by atoms with Gasteiger partial charge in [0.15, 0.2) is 0 Å². The van der Waals surface area contributed by atoms with Crippen LogP contribution in [-0.2, 0) is 47.6 Å². The molecule has 2 aliphatic heterocycles. The third-order valence-corrected chi connectivity index (χ3v) is 10.6. The SMILES string of the molecule is O=C(Cc1cn([C@H]2C[C@H](O)[C@@H](COP(=O)(O)OP(=O)(O)OP(=O)(O)O)O2)c(=O)[nH]c1=O)NCCCCCCNC(=O)[C@@H]1CCCN1. The Hall–Kier alpha value is -2.09. The van der Waals surface area contributed by atoms with Gasteiger partial charge in [0.25, 0.3) is 5.56 Å². The van der Waals surface area contributed by atoms with E-state index < -0.39 is 65.7 Å². The first-order chi connectivity index (χ1) is 21.4. The van der Waals surface area contributed by atoms with Crippen molar-refractivity contribution in [2.75, 3.05) is 26.2 Å². The highest BCUT2D eigenvalue weighted by atomic mass is 31.3. The molecule has 2 fully saturated rings. The number of aromatic nitrogens is 2. The summed E-state index contributed by atoms with van der Waals surface area (Å²) in [6, 6.07) is -0.119. The quantitative estimate of drug-likeness (QED) is 0.0623. The number of amides is 2. The first kappa shape index (κ1) is 38.4. The van der Waals surface area contributed by atoms with E-state index in [1.54, 1.807) is 0 Å². The highest BCUT2D eigenvalue weighted by molar-refractivity contribution is 7.66. The third-order valence-electron chi connectivity index (χ3n) is 6.83. The van der Waals surface area contributed by atoms with Crippen LogP contribution in [0.25, 0.3) is 0 Å². The maximum Gasteiger partial charge on any atom is 0.490 e. The topological polar surface area (TPSA) is 314 Å². The van der Waals surface area contributed by atoms with Crippen molar-refractivity contribution in [1.82, 2.24) is 25.5 Å². The molecule has 6 atom stereocenters. The van der Waals surface area contributed by atoms with Crippen LogP contribution in [0.3, 0.4) is 0 Å². The van der Waals surface area contributed by atoms with Crippen LogP contribution in [-0.4, -0.2) is 90.5 Å². The standard InChI is InChI=1S/C22H38N5O16P3/c28-16-11-19(41-17(16)13-40-45(36,37)43-46(38,39)42-44(33,34)35)27-12-14(20(30)26-22(27)32)10-18(29)24-7-3-1-2-4-8-25-21(31)15-6-5-9-23-15/h12,15-17,19,23,28H,1-11,13H2,(H,24,29)(H,25,31)(H,36,37)(H,38,39)(H,26,30,32)(H2,33,34,35)/t15-,16-,17+,19+/m0/s1. The van der Waals surface area contributed by atoms with E-state index >= 15 is 0 Å². The fourth-order valence-electron chi connectivity index (χ4n) is 4.68. The fraction of sp³-hybridized carbons (Fsp3) is 0.727. The van der Waals surface area contributed by atoms with Crippen LogP contribution < -0.4 is 27.2 Å². The number of phosphoric ester groups is 1. The van der Waals surface area contributed by atoms with Gasteiger partial charge in [0.2, 0.25) is 11.8 Å². The highest BCUT2D eigenvalue weighted by Crippen LogP contribution is 2.66. The number of ether oxygens (including phenoxy) is 1. The van der Waals surface area contributed by atoms with Crippen LogP contribution in [0.2, 0.25) is 0 Å². The minimum absolute atomic E-state index is 0.00692. The van der Waals surface area contributed by atoms with Crippen molar-refractivity contribution >= 4 is 35.3 Å². The van der Waals surface area contributed by atoms with E-state index in [1.165, 1.54) is 0 Å². The zero-order valence-corrected chi connectivity index (χ0v) is 27.1. The number of rotatable bonds is 18. The second-order valence-electron chi connectivity index (χ2n) is 10.5. The molecule has 2 unspecified atom stereocenters. The largest absolute Gasteiger partial charge is 0.490 e. The van der Waals surface area contributed by atoms with Gasteiger partial charge in [-0.1, -0.05) is 12.8 Å². The molecule has 1 aromatic rings. The monoisotopic (exact) mass is 721 g/mol. The van der Waals surface area contributed by atoms with Crippen LogP contribution in [0.15, 0.2) is 15.8 Å². The summed E-state index contributed by atoms with van der Waals surface area (Å²) in [6.07, 6.45) is 1.23. The molecule has 2 aliphatic rings. The maximum atomic E-state index is 12.4. The van der Waals surface area contributed by atoms with Crippen LogP contribution in [0.4, 0.5) is 0 Å². The summed E-state index contributed by atoms with van der Waals surface area (Å²) in [5.74, 6) is -0.485. The molecule has 1 aromatic heterocycles. The lowest BCUT2D eigenvalue weighted by molar-refractivity contribution is -0.123. The normalized spacial score (nSPS) is 24.3. The summed E-state index contributed by atoms with van der Waals surface area (Å²) in [5.41, 5.74) is -1.87. The summed E-state index contributed by atoms with van der Waals surface area (Å²) in [6.45, 7) is 0.794. The zero-order valence-electron chi connectivity index (χ0n) is 24.4. The number of aliphatic hydroxyl groups excluding tert-OH is 1. The van der Waals surface area contributed by atoms with Crippen molar-refractivity contribution in [1.29, 1.82) is 0 Å². The van der Waals surface area contributed by atoms with Crippen molar-refractivity contribution in [3.8, 4) is 0 Å². The number of H-pyrrole nitrogens is 1. The number of nitrogens with zero attached hydrogens (tertiary/aromatic N) is 1. The predicted octanol–water partition coefficient (Wildman–Crippen LogP) is -1.38. The van der Waals surface area contributed by atoms with Gasteiger partial charge >= 0.3 is 29.2 Å². The molecule has 46 heavy (non-hydrogen) atoms. The number of aromatic amines is 1. The number of hydrogen-bond acceptors (Lipinski definition) is 13. The highest BCUT2D eigenvalue weighted by Gasteiger charge is 2.43. The molecule has 0 radical (unpaired) electrons. The van der Waals surface area contributed by atoms with E-state index in [1.807, 2.05) is 4.98 Å². The number of unbranched alkanes of at least 4 members (excludes halogenated alkanes) is 3. The van der Waals surface area contributed by atoms with Crippen molar-refractivity contribution in [2.24, 2.45) is 0 Å². The average Bonchev–Trinajstić information content (AvgIpc) is 3.58. The minimum atomic E-state index is -5.75. The smallest absolute Gasteiger partial charge is 0.390 e. The van der Waals surface area contributed by atoms with Gasteiger partial charge in [-0.15, -0.1) is 0 Å². The number of hydrogen-bond donors (Lipinski definition) is 9. The number of nitrogens with one attached hydrogen (secondary N) is 4. The summed E-state index contributed by atoms with van der Waals surface area (Å²) >= 11 is 0. The molecule has 262 valence electrons. The summed E-state index contributed by atoms with van der Waals surface area (Å²) in [4.78, 5) is 87.2. The summed E-state index contributed by atoms with van der Waals surface area (Å²) in [5, 5.41) is 19.0. The Morgan fingerprint density at radius 1 is 1.00 bits per heavy atom. The van der Waals surface area contributed by atoms with Gasteiger partial charge in [-0.2, -0.15) is 8.62 Å². The van der Waals surface area contributed by atoms with E-state index in [0.717, 1.165) is 49.4 Å². The molecule has 0 spiro atoms. The van der Waals surface area contributed by atoms with E-state index in [-0.39, 0.29) is 30.4 Å². The predicted molar refractivity (Wildman–Crippen MR) is 155 cm³/mol. The Morgan fingerprint density at radius 3 is 2.30 bits per heavy atom. The lowest BCUT2D eigenvalue weighted by Crippen LogP contribution is -2.40. The second kappa shape index (κ2) is 16.8. The Balaban J connectivity index is 1.43. The van der Waals surface area contributed by atoms with Gasteiger partial charge in [-0.25, -0.2) is 18.5 Å². The van der Waals surface area contributed by atoms with E-state index in [9.17, 15) is 47.8 Å². The molecule has 24 heteroatoms. The molecule has 21 nitrogen and oxygen atoms in total. The Bertz CT molecular complexity index is 1470. The molecule has 0 bridgehead atoms. The van der Waals surface area contributed by atoms with Gasteiger partial charge in [0.05, 0.1) is 25.2 Å². The van der Waals surface area contributed by atoms with Crippen molar-refractivity contribution in [3.05, 3.63) is 32.6 Å². The molecule has 9 N–H and O–H groups in total. The van der Waals surface area contributed by atoms with E-state index in [2.05, 4.69) is 29.1 Å². The maximum absolute atomic E-state index is 12.4. The molecule has 0 aromatic carbocycles. The third kappa shape index (κ3) is 12.8. The first-order valence-electron chi connectivity index (χ1n) is 14.2. The molecular formula is C22H38N5O16P3. The van der Waals surface area contributed by atoms with Crippen molar-refractivity contribution < 1.29 is 65.8 Å². The van der Waals surface area contributed by atoms with Crippen LogP contribution in [0.5, 0.6) is 0 Å². The number of carbonyl (C=O) groups is 2. The van der Waals surface area contributed by atoms with Crippen molar-refractivity contribution in [2.45, 2.75) is 75.8 Å². The second-order valence-corrected chi connectivity index (χ2v) is 14.9. The van der Waals surface area contributed by atoms with Gasteiger partial charge in [-0.3, -0.25) is 28.5 Å². The van der Waals surface area contributed by atoms with E-state index in [0.29, 0.717) is 19.5 Å². The van der Waals surface area contributed by atoms with Crippen LogP contribution >= 0.6 is 23.5 Å². The molecule has 2 amide bonds. The fourth-order valence-corrected chi connectivity index (χ4v) is 7.71. The number of phosphoric acid groups is 3. The Morgan fingerprint density at radius 2 is 1.67 bits per heavy atom. The minimum Gasteiger partial charge on any atom is -0.390 e. The van der Waals surface area contributed by atoms with Gasteiger partial charge in [0, 0.05) is 31.3 Å². The lowest BCUT2D eigenvalue weighted by atomic mass is 10.1. The Labute approximate surface area is 261 Å².